The molecule has 1 heterocycles. The van der Waals surface area contributed by atoms with Gasteiger partial charge >= 0.3 is 0 Å². The predicted octanol–water partition coefficient (Wildman–Crippen LogP) is 3.56. The average molecular weight is 439 g/mol. The minimum absolute atomic E-state index is 0.0484. The number of pyridine rings is 1. The third-order valence-corrected chi connectivity index (χ3v) is 6.07. The number of aryl methyl sites for hydroxylation is 1. The van der Waals surface area contributed by atoms with Crippen molar-refractivity contribution in [3.8, 4) is 0 Å². The smallest absolute Gasteiger partial charge is 0.251 e. The first-order chi connectivity index (χ1) is 15.0. The Kier molecular flexibility index (Phi) is 8.96. The summed E-state index contributed by atoms with van der Waals surface area (Å²) in [5.41, 5.74) is 3.95. The van der Waals surface area contributed by atoms with E-state index in [2.05, 4.69) is 41.3 Å². The zero-order valence-corrected chi connectivity index (χ0v) is 20.5. The van der Waals surface area contributed by atoms with Crippen LogP contribution in [0.25, 0.3) is 0 Å². The Balaban J connectivity index is 2.04. The fourth-order valence-corrected chi connectivity index (χ4v) is 3.90. The zero-order chi connectivity index (χ0) is 23.9. The van der Waals surface area contributed by atoms with E-state index in [0.717, 1.165) is 17.5 Å². The largest absolute Gasteiger partial charge is 0.355 e. The van der Waals surface area contributed by atoms with Crippen LogP contribution in [0.5, 0.6) is 0 Å². The minimum atomic E-state index is -0.0851. The van der Waals surface area contributed by atoms with Crippen molar-refractivity contribution in [1.29, 1.82) is 0 Å². The van der Waals surface area contributed by atoms with Gasteiger partial charge in [-0.2, -0.15) is 0 Å². The van der Waals surface area contributed by atoms with Crippen LogP contribution in [-0.2, 0) is 11.2 Å². The van der Waals surface area contributed by atoms with Crippen LogP contribution >= 0.6 is 0 Å². The molecule has 2 N–H and O–H groups in total. The van der Waals surface area contributed by atoms with Crippen molar-refractivity contribution >= 4 is 11.8 Å². The molecule has 0 radical (unpaired) electrons. The summed E-state index contributed by atoms with van der Waals surface area (Å²) < 4.78 is 0. The number of amides is 2. The SMILES string of the molecule is CNC(=O)c1ccc(C[C@@H](CNC(=O)C[C@H](c2cccnc2)C(C)(C)C)N(C)C)c(C)c1. The molecule has 32 heavy (non-hydrogen) atoms. The Morgan fingerprint density at radius 1 is 1.16 bits per heavy atom. The maximum absolute atomic E-state index is 12.9. The normalized spacial score (nSPS) is 13.5. The minimum Gasteiger partial charge on any atom is -0.355 e. The van der Waals surface area contributed by atoms with Crippen molar-refractivity contribution in [3.05, 3.63) is 65.0 Å². The number of hydrogen-bond acceptors (Lipinski definition) is 4. The first-order valence-electron chi connectivity index (χ1n) is 11.2. The van der Waals surface area contributed by atoms with Gasteiger partial charge in [0.1, 0.15) is 0 Å². The van der Waals surface area contributed by atoms with Crippen molar-refractivity contribution in [2.24, 2.45) is 5.41 Å². The highest BCUT2D eigenvalue weighted by atomic mass is 16.2. The molecule has 0 saturated heterocycles. The maximum atomic E-state index is 12.9. The summed E-state index contributed by atoms with van der Waals surface area (Å²) in [6, 6.07) is 9.90. The van der Waals surface area contributed by atoms with E-state index >= 15 is 0 Å². The molecule has 2 rings (SSSR count). The lowest BCUT2D eigenvalue weighted by Gasteiger charge is -2.31. The van der Waals surface area contributed by atoms with E-state index in [0.29, 0.717) is 18.5 Å². The molecule has 0 aliphatic heterocycles. The summed E-state index contributed by atoms with van der Waals surface area (Å²) in [6.07, 6.45) is 4.83. The van der Waals surface area contributed by atoms with E-state index < -0.39 is 0 Å². The van der Waals surface area contributed by atoms with E-state index in [1.807, 2.05) is 57.5 Å². The van der Waals surface area contributed by atoms with Gasteiger partial charge in [-0.25, -0.2) is 0 Å². The third-order valence-electron chi connectivity index (χ3n) is 6.07. The van der Waals surface area contributed by atoms with Gasteiger partial charge in [0.15, 0.2) is 0 Å². The molecule has 6 nitrogen and oxygen atoms in total. The van der Waals surface area contributed by atoms with E-state index in [1.54, 1.807) is 13.2 Å². The molecular formula is C26H38N4O2. The zero-order valence-electron chi connectivity index (χ0n) is 20.5. The van der Waals surface area contributed by atoms with Gasteiger partial charge in [0, 0.05) is 44.0 Å². The van der Waals surface area contributed by atoms with Crippen molar-refractivity contribution < 1.29 is 9.59 Å². The van der Waals surface area contributed by atoms with Gasteiger partial charge in [-0.15, -0.1) is 0 Å². The summed E-state index contributed by atoms with van der Waals surface area (Å²) in [5.74, 6) is 0.0545. The van der Waals surface area contributed by atoms with Crippen LogP contribution in [0.3, 0.4) is 0 Å². The van der Waals surface area contributed by atoms with Crippen LogP contribution in [0.15, 0.2) is 42.7 Å². The number of benzene rings is 1. The summed E-state index contributed by atoms with van der Waals surface area (Å²) in [7, 11) is 5.69. The van der Waals surface area contributed by atoms with Crippen LogP contribution in [0.1, 0.15) is 60.2 Å². The number of aromatic nitrogens is 1. The molecular weight excluding hydrogens is 400 g/mol. The summed E-state index contributed by atoms with van der Waals surface area (Å²) in [5, 5.41) is 5.81. The molecule has 2 amide bonds. The number of carbonyl (C=O) groups is 2. The Morgan fingerprint density at radius 3 is 2.41 bits per heavy atom. The quantitative estimate of drug-likeness (QED) is 0.628. The lowest BCUT2D eigenvalue weighted by Crippen LogP contribution is -2.42. The lowest BCUT2D eigenvalue weighted by molar-refractivity contribution is -0.122. The van der Waals surface area contributed by atoms with Crippen LogP contribution in [0.2, 0.25) is 0 Å². The van der Waals surface area contributed by atoms with Crippen LogP contribution in [-0.4, -0.2) is 55.4 Å². The summed E-state index contributed by atoms with van der Waals surface area (Å²) in [6.45, 7) is 9.06. The van der Waals surface area contributed by atoms with Crippen molar-refractivity contribution in [3.63, 3.8) is 0 Å². The Morgan fingerprint density at radius 2 is 1.88 bits per heavy atom. The monoisotopic (exact) mass is 438 g/mol. The number of rotatable bonds is 9. The maximum Gasteiger partial charge on any atom is 0.251 e. The molecule has 174 valence electrons. The predicted molar refractivity (Wildman–Crippen MR) is 130 cm³/mol. The van der Waals surface area contributed by atoms with Crippen LogP contribution < -0.4 is 10.6 Å². The van der Waals surface area contributed by atoms with Gasteiger partial charge in [-0.3, -0.25) is 14.6 Å². The van der Waals surface area contributed by atoms with E-state index in [4.69, 9.17) is 0 Å². The fraction of sp³-hybridized carbons (Fsp3) is 0.500. The molecule has 0 saturated carbocycles. The lowest BCUT2D eigenvalue weighted by atomic mass is 9.75. The van der Waals surface area contributed by atoms with E-state index in [1.165, 1.54) is 5.56 Å². The molecule has 0 bridgehead atoms. The van der Waals surface area contributed by atoms with Gasteiger partial charge in [0.05, 0.1) is 0 Å². The Labute approximate surface area is 192 Å². The highest BCUT2D eigenvalue weighted by Crippen LogP contribution is 2.37. The molecule has 0 aliphatic rings. The summed E-state index contributed by atoms with van der Waals surface area (Å²) in [4.78, 5) is 31.1. The van der Waals surface area contributed by atoms with Crippen LogP contribution in [0, 0.1) is 12.3 Å². The number of likely N-dealkylation sites (N-methyl/N-ethyl adjacent to an activating group) is 1. The molecule has 0 spiro atoms. The van der Waals surface area contributed by atoms with Crippen molar-refractivity contribution in [2.45, 2.75) is 52.5 Å². The van der Waals surface area contributed by atoms with E-state index in [-0.39, 0.29) is 29.2 Å². The molecule has 2 aromatic rings. The number of nitrogens with zero attached hydrogens (tertiary/aromatic N) is 2. The van der Waals surface area contributed by atoms with Crippen molar-refractivity contribution in [1.82, 2.24) is 20.5 Å². The Hall–Kier alpha value is -2.73. The highest BCUT2D eigenvalue weighted by molar-refractivity contribution is 5.94. The molecule has 0 aliphatic carbocycles. The first kappa shape index (κ1) is 25.5. The summed E-state index contributed by atoms with van der Waals surface area (Å²) >= 11 is 0. The van der Waals surface area contributed by atoms with Gasteiger partial charge in [-0.1, -0.05) is 32.9 Å². The van der Waals surface area contributed by atoms with Gasteiger partial charge in [-0.05, 0) is 73.7 Å². The fourth-order valence-electron chi connectivity index (χ4n) is 3.90. The number of carbonyl (C=O) groups excluding carboxylic acids is 2. The Bertz CT molecular complexity index is 904. The third kappa shape index (κ3) is 7.16. The van der Waals surface area contributed by atoms with Crippen molar-refractivity contribution in [2.75, 3.05) is 27.7 Å². The molecule has 2 atom stereocenters. The molecule has 1 aromatic carbocycles. The van der Waals surface area contributed by atoms with Gasteiger partial charge in [0.2, 0.25) is 5.91 Å². The highest BCUT2D eigenvalue weighted by Gasteiger charge is 2.29. The second-order valence-corrected chi connectivity index (χ2v) is 9.76. The second-order valence-electron chi connectivity index (χ2n) is 9.76. The number of hydrogen-bond donors (Lipinski definition) is 2. The molecule has 1 aromatic heterocycles. The molecule has 0 unspecified atom stereocenters. The standard InChI is InChI=1S/C26H38N4O2/c1-18-13-20(25(32)27-5)11-10-19(18)14-22(30(6)7)17-29-24(31)15-23(26(2,3)4)21-9-8-12-28-16-21/h8-13,16,22-23H,14-15,17H2,1-7H3,(H,27,32)(H,29,31)/t22-,23+/m0/s1. The van der Waals surface area contributed by atoms with Gasteiger partial charge < -0.3 is 15.5 Å². The second kappa shape index (κ2) is 11.2. The van der Waals surface area contributed by atoms with Crippen LogP contribution in [0.4, 0.5) is 0 Å². The topological polar surface area (TPSA) is 74.3 Å². The molecule has 0 fully saturated rings. The van der Waals surface area contributed by atoms with E-state index in [9.17, 15) is 9.59 Å². The first-order valence-corrected chi connectivity index (χ1v) is 11.2. The number of nitrogens with one attached hydrogen (secondary N) is 2. The average Bonchev–Trinajstić information content (AvgIpc) is 2.74. The van der Waals surface area contributed by atoms with Gasteiger partial charge in [0.25, 0.3) is 5.91 Å². The molecule has 6 heteroatoms.